The van der Waals surface area contributed by atoms with Gasteiger partial charge in [-0.1, -0.05) is 6.07 Å². The Hall–Kier alpha value is -2.35. The Morgan fingerprint density at radius 2 is 2.00 bits per heavy atom. The Morgan fingerprint density at radius 1 is 1.37 bits per heavy atom. The van der Waals surface area contributed by atoms with Gasteiger partial charge >= 0.3 is 6.09 Å². The molecule has 4 nitrogen and oxygen atoms in total. The molecule has 0 saturated heterocycles. The summed E-state index contributed by atoms with van der Waals surface area (Å²) in [6.45, 7) is 5.05. The number of hydrogen-bond acceptors (Lipinski definition) is 3. The minimum absolute atomic E-state index is 0.157. The van der Waals surface area contributed by atoms with E-state index < -0.39 is 23.3 Å². The Morgan fingerprint density at radius 3 is 2.53 bits per heavy atom. The van der Waals surface area contributed by atoms with Crippen molar-refractivity contribution in [2.24, 2.45) is 0 Å². The van der Waals surface area contributed by atoms with Crippen molar-refractivity contribution in [1.29, 1.82) is 0 Å². The van der Waals surface area contributed by atoms with E-state index in [4.69, 9.17) is 11.2 Å². The lowest BCUT2D eigenvalue weighted by atomic mass is 10.1. The first-order valence-electron chi connectivity index (χ1n) is 5.54. The van der Waals surface area contributed by atoms with Crippen molar-refractivity contribution in [1.82, 2.24) is 0 Å². The number of carbonyl (C=O) groups is 2. The van der Waals surface area contributed by atoms with Crippen LogP contribution in [-0.2, 0) is 4.74 Å². The van der Waals surface area contributed by atoms with Crippen LogP contribution in [0.4, 0.5) is 14.9 Å². The number of rotatable bonds is 2. The molecule has 1 amide bonds. The van der Waals surface area contributed by atoms with Gasteiger partial charge in [-0.3, -0.25) is 10.1 Å². The van der Waals surface area contributed by atoms with Crippen molar-refractivity contribution in [3.05, 3.63) is 29.6 Å². The fraction of sp³-hybridized carbons (Fsp3) is 0.286. The molecule has 0 fully saturated rings. The highest BCUT2D eigenvalue weighted by Crippen LogP contribution is 2.19. The second kappa shape index (κ2) is 5.53. The number of benzene rings is 1. The SMILES string of the molecule is C#CC(=O)c1cccc(NC(=O)OC(C)(C)C)c1F. The van der Waals surface area contributed by atoms with Crippen LogP contribution in [0.15, 0.2) is 18.2 Å². The Kier molecular flexibility index (Phi) is 4.28. The standard InChI is InChI=1S/C14H14FNO3/c1-5-11(17)9-7-6-8-10(12(9)15)16-13(18)19-14(2,3)4/h1,6-8H,2-4H3,(H,16,18). The molecule has 0 unspecified atom stereocenters. The molecule has 1 N–H and O–H groups in total. The van der Waals surface area contributed by atoms with Gasteiger partial charge in [0.1, 0.15) is 5.60 Å². The zero-order valence-corrected chi connectivity index (χ0v) is 10.9. The third kappa shape index (κ3) is 4.11. The minimum Gasteiger partial charge on any atom is -0.444 e. The van der Waals surface area contributed by atoms with Crippen LogP contribution >= 0.6 is 0 Å². The second-order valence-corrected chi connectivity index (χ2v) is 4.77. The maximum atomic E-state index is 13.9. The van der Waals surface area contributed by atoms with E-state index in [1.54, 1.807) is 20.8 Å². The number of terminal acetylenes is 1. The van der Waals surface area contributed by atoms with Gasteiger partial charge in [0.05, 0.1) is 11.3 Å². The van der Waals surface area contributed by atoms with Gasteiger partial charge in [0.15, 0.2) is 5.82 Å². The number of carbonyl (C=O) groups excluding carboxylic acids is 2. The normalized spacial score (nSPS) is 10.5. The molecule has 0 heterocycles. The summed E-state index contributed by atoms with van der Waals surface area (Å²) in [5.74, 6) is 0.153. The number of Topliss-reactive ketones (excluding diaryl/α,β-unsaturated/α-hetero) is 1. The van der Waals surface area contributed by atoms with E-state index in [-0.39, 0.29) is 11.3 Å². The van der Waals surface area contributed by atoms with E-state index >= 15 is 0 Å². The van der Waals surface area contributed by atoms with E-state index in [2.05, 4.69) is 5.32 Å². The molecular formula is C14H14FNO3. The summed E-state index contributed by atoms with van der Waals surface area (Å²) in [5, 5.41) is 2.23. The number of ketones is 1. The van der Waals surface area contributed by atoms with Crippen molar-refractivity contribution < 1.29 is 18.7 Å². The summed E-state index contributed by atoms with van der Waals surface area (Å²) < 4.78 is 18.9. The molecule has 5 heteroatoms. The topological polar surface area (TPSA) is 55.4 Å². The van der Waals surface area contributed by atoms with Crippen molar-refractivity contribution >= 4 is 17.6 Å². The quantitative estimate of drug-likeness (QED) is 0.507. The van der Waals surface area contributed by atoms with Gasteiger partial charge in [-0.25, -0.2) is 9.18 Å². The molecule has 1 aromatic rings. The van der Waals surface area contributed by atoms with Crippen molar-refractivity contribution in [2.75, 3.05) is 5.32 Å². The molecule has 0 aromatic heterocycles. The van der Waals surface area contributed by atoms with Gasteiger partial charge in [-0.2, -0.15) is 0 Å². The summed E-state index contributed by atoms with van der Waals surface area (Å²) in [7, 11) is 0. The Labute approximate surface area is 111 Å². The van der Waals surface area contributed by atoms with Crippen molar-refractivity contribution in [2.45, 2.75) is 26.4 Å². The van der Waals surface area contributed by atoms with Crippen LogP contribution in [0.5, 0.6) is 0 Å². The molecular weight excluding hydrogens is 249 g/mol. The molecule has 0 saturated carbocycles. The van der Waals surface area contributed by atoms with E-state index in [0.29, 0.717) is 0 Å². The van der Waals surface area contributed by atoms with Gasteiger partial charge in [0, 0.05) is 0 Å². The third-order valence-corrected chi connectivity index (χ3v) is 2.01. The number of nitrogens with one attached hydrogen (secondary N) is 1. The van der Waals surface area contributed by atoms with Crippen LogP contribution in [0.3, 0.4) is 0 Å². The fourth-order valence-electron chi connectivity index (χ4n) is 1.30. The molecule has 0 bridgehead atoms. The molecule has 0 aliphatic carbocycles. The lowest BCUT2D eigenvalue weighted by Crippen LogP contribution is -2.27. The van der Waals surface area contributed by atoms with Gasteiger partial charge in [0.25, 0.3) is 0 Å². The summed E-state index contributed by atoms with van der Waals surface area (Å²) in [6.07, 6.45) is 4.12. The number of halogens is 1. The van der Waals surface area contributed by atoms with Gasteiger partial charge < -0.3 is 4.74 Å². The molecule has 0 aliphatic rings. The van der Waals surface area contributed by atoms with Crippen LogP contribution in [0.25, 0.3) is 0 Å². The van der Waals surface area contributed by atoms with Crippen LogP contribution in [0.1, 0.15) is 31.1 Å². The largest absolute Gasteiger partial charge is 0.444 e. The summed E-state index contributed by atoms with van der Waals surface area (Å²) in [6, 6.07) is 3.98. The van der Waals surface area contributed by atoms with E-state index in [0.717, 1.165) is 0 Å². The number of amides is 1. The van der Waals surface area contributed by atoms with Gasteiger partial charge in [-0.15, -0.1) is 6.42 Å². The van der Waals surface area contributed by atoms with E-state index in [1.807, 2.05) is 5.92 Å². The maximum Gasteiger partial charge on any atom is 0.412 e. The van der Waals surface area contributed by atoms with Crippen LogP contribution < -0.4 is 5.32 Å². The monoisotopic (exact) mass is 263 g/mol. The summed E-state index contributed by atoms with van der Waals surface area (Å²) in [5.41, 5.74) is -1.13. The van der Waals surface area contributed by atoms with Crippen molar-refractivity contribution in [3.8, 4) is 12.3 Å². The summed E-state index contributed by atoms with van der Waals surface area (Å²) in [4.78, 5) is 22.8. The zero-order chi connectivity index (χ0) is 14.6. The molecule has 19 heavy (non-hydrogen) atoms. The number of ether oxygens (including phenoxy) is 1. The Balaban J connectivity index is 2.95. The lowest BCUT2D eigenvalue weighted by Gasteiger charge is -2.19. The average Bonchev–Trinajstić information content (AvgIpc) is 2.28. The molecule has 1 rings (SSSR count). The highest BCUT2D eigenvalue weighted by molar-refractivity contribution is 6.09. The number of anilines is 1. The third-order valence-electron chi connectivity index (χ3n) is 2.01. The highest BCUT2D eigenvalue weighted by atomic mass is 19.1. The predicted octanol–water partition coefficient (Wildman–Crippen LogP) is 2.99. The van der Waals surface area contributed by atoms with E-state index in [9.17, 15) is 14.0 Å². The summed E-state index contributed by atoms with van der Waals surface area (Å²) >= 11 is 0. The molecule has 0 aliphatic heterocycles. The van der Waals surface area contributed by atoms with Crippen molar-refractivity contribution in [3.63, 3.8) is 0 Å². The second-order valence-electron chi connectivity index (χ2n) is 4.77. The van der Waals surface area contributed by atoms with Crippen LogP contribution in [-0.4, -0.2) is 17.5 Å². The molecule has 100 valence electrons. The molecule has 1 aromatic carbocycles. The number of hydrogen-bond donors (Lipinski definition) is 1. The van der Waals surface area contributed by atoms with Gasteiger partial charge in [0.2, 0.25) is 5.78 Å². The first kappa shape index (κ1) is 14.7. The van der Waals surface area contributed by atoms with Crippen LogP contribution in [0, 0.1) is 18.2 Å². The molecule has 0 spiro atoms. The van der Waals surface area contributed by atoms with Crippen LogP contribution in [0.2, 0.25) is 0 Å². The lowest BCUT2D eigenvalue weighted by molar-refractivity contribution is 0.0635. The smallest absolute Gasteiger partial charge is 0.412 e. The van der Waals surface area contributed by atoms with Gasteiger partial charge in [-0.05, 0) is 38.8 Å². The first-order valence-corrected chi connectivity index (χ1v) is 5.54. The zero-order valence-electron chi connectivity index (χ0n) is 10.9. The highest BCUT2D eigenvalue weighted by Gasteiger charge is 2.19. The predicted molar refractivity (Wildman–Crippen MR) is 69.4 cm³/mol. The molecule has 0 atom stereocenters. The first-order chi connectivity index (χ1) is 8.74. The maximum absolute atomic E-state index is 13.9. The fourth-order valence-corrected chi connectivity index (χ4v) is 1.30. The Bertz CT molecular complexity index is 553. The van der Waals surface area contributed by atoms with E-state index in [1.165, 1.54) is 18.2 Å². The molecule has 0 radical (unpaired) electrons. The minimum atomic E-state index is -0.878. The average molecular weight is 263 g/mol.